The third-order valence-corrected chi connectivity index (χ3v) is 4.21. The number of likely N-dealkylation sites (N-methyl/N-ethyl adjacent to an activating group) is 1. The lowest BCUT2D eigenvalue weighted by Crippen LogP contribution is -2.54. The summed E-state index contributed by atoms with van der Waals surface area (Å²) in [4.78, 5) is 50.7. The molecule has 8 heteroatoms. The summed E-state index contributed by atoms with van der Waals surface area (Å²) in [6, 6.07) is -0.634. The van der Waals surface area contributed by atoms with E-state index in [0.29, 0.717) is 19.4 Å². The van der Waals surface area contributed by atoms with E-state index in [4.69, 9.17) is 4.74 Å². The van der Waals surface area contributed by atoms with Crippen molar-refractivity contribution in [1.82, 2.24) is 15.1 Å². The van der Waals surface area contributed by atoms with E-state index in [1.807, 2.05) is 0 Å². The molecule has 0 spiro atoms. The predicted molar refractivity (Wildman–Crippen MR) is 84.9 cm³/mol. The Balaban J connectivity index is 1.93. The molecule has 2 heterocycles. The molecule has 2 unspecified atom stereocenters. The summed E-state index contributed by atoms with van der Waals surface area (Å²) in [6.07, 6.45) is 0.662. The molecule has 0 aliphatic carbocycles. The Morgan fingerprint density at radius 1 is 1.25 bits per heavy atom. The SMILES string of the molecule is CN(C(=O)C1CCN(C(=O)OC(C)(C)C)C1)C1CCC(=O)NC1=O. The van der Waals surface area contributed by atoms with Crippen LogP contribution in [0.4, 0.5) is 4.79 Å². The number of amides is 4. The molecule has 0 aromatic heterocycles. The maximum Gasteiger partial charge on any atom is 0.410 e. The van der Waals surface area contributed by atoms with E-state index in [1.165, 1.54) is 9.80 Å². The third kappa shape index (κ3) is 4.24. The van der Waals surface area contributed by atoms with Crippen molar-refractivity contribution in [2.45, 2.75) is 51.7 Å². The summed E-state index contributed by atoms with van der Waals surface area (Å²) in [7, 11) is 1.57. The molecule has 0 aromatic rings. The van der Waals surface area contributed by atoms with Crippen molar-refractivity contribution < 1.29 is 23.9 Å². The van der Waals surface area contributed by atoms with Crippen LogP contribution in [-0.2, 0) is 19.1 Å². The minimum absolute atomic E-state index is 0.185. The Hall–Kier alpha value is -2.12. The summed E-state index contributed by atoms with van der Waals surface area (Å²) in [5, 5.41) is 2.25. The van der Waals surface area contributed by atoms with E-state index >= 15 is 0 Å². The number of hydrogen-bond acceptors (Lipinski definition) is 5. The lowest BCUT2D eigenvalue weighted by Gasteiger charge is -2.31. The highest BCUT2D eigenvalue weighted by Gasteiger charge is 2.39. The molecular formula is C16H25N3O5. The van der Waals surface area contributed by atoms with Crippen LogP contribution >= 0.6 is 0 Å². The van der Waals surface area contributed by atoms with E-state index in [2.05, 4.69) is 5.32 Å². The number of ether oxygens (including phenoxy) is 1. The van der Waals surface area contributed by atoms with Gasteiger partial charge in [-0.05, 0) is 33.6 Å². The highest BCUT2D eigenvalue weighted by molar-refractivity contribution is 6.01. The molecule has 2 aliphatic heterocycles. The number of likely N-dealkylation sites (tertiary alicyclic amines) is 1. The summed E-state index contributed by atoms with van der Waals surface area (Å²) in [5.41, 5.74) is -0.581. The Morgan fingerprint density at radius 2 is 1.92 bits per heavy atom. The summed E-state index contributed by atoms with van der Waals surface area (Å²) >= 11 is 0. The highest BCUT2D eigenvalue weighted by Crippen LogP contribution is 2.23. The second-order valence-corrected chi connectivity index (χ2v) is 7.33. The minimum atomic E-state index is -0.634. The molecule has 1 N–H and O–H groups in total. The molecule has 2 rings (SSSR count). The van der Waals surface area contributed by atoms with Crippen LogP contribution in [0.3, 0.4) is 0 Å². The standard InChI is InChI=1S/C16H25N3O5/c1-16(2,3)24-15(23)19-8-7-10(9-19)14(22)18(4)11-5-6-12(20)17-13(11)21/h10-11H,5-9H2,1-4H3,(H,17,20,21). The van der Waals surface area contributed by atoms with Crippen molar-refractivity contribution in [2.24, 2.45) is 5.92 Å². The number of hydrogen-bond donors (Lipinski definition) is 1. The van der Waals surface area contributed by atoms with Crippen molar-refractivity contribution in [2.75, 3.05) is 20.1 Å². The van der Waals surface area contributed by atoms with Gasteiger partial charge >= 0.3 is 6.09 Å². The highest BCUT2D eigenvalue weighted by atomic mass is 16.6. The predicted octanol–water partition coefficient (Wildman–Crippen LogP) is 0.507. The van der Waals surface area contributed by atoms with Gasteiger partial charge in [-0.3, -0.25) is 19.7 Å². The van der Waals surface area contributed by atoms with Crippen molar-refractivity contribution in [3.8, 4) is 0 Å². The van der Waals surface area contributed by atoms with Gasteiger partial charge in [0.1, 0.15) is 11.6 Å². The van der Waals surface area contributed by atoms with E-state index in [0.717, 1.165) is 0 Å². The molecule has 0 saturated carbocycles. The first kappa shape index (κ1) is 18.2. The minimum Gasteiger partial charge on any atom is -0.444 e. The third-order valence-electron chi connectivity index (χ3n) is 4.21. The molecule has 2 atom stereocenters. The molecule has 8 nitrogen and oxygen atoms in total. The summed E-state index contributed by atoms with van der Waals surface area (Å²) in [6.45, 7) is 6.11. The van der Waals surface area contributed by atoms with Crippen molar-refractivity contribution >= 4 is 23.8 Å². The summed E-state index contributed by atoms with van der Waals surface area (Å²) in [5.74, 6) is -1.29. The quantitative estimate of drug-likeness (QED) is 0.740. The number of nitrogens with one attached hydrogen (secondary N) is 1. The van der Waals surface area contributed by atoms with Crippen molar-refractivity contribution in [1.29, 1.82) is 0 Å². The maximum atomic E-state index is 12.6. The first-order valence-corrected chi connectivity index (χ1v) is 8.17. The maximum absolute atomic E-state index is 12.6. The number of rotatable bonds is 2. The largest absolute Gasteiger partial charge is 0.444 e. The zero-order chi connectivity index (χ0) is 18.1. The Morgan fingerprint density at radius 3 is 2.50 bits per heavy atom. The Bertz CT molecular complexity index is 554. The van der Waals surface area contributed by atoms with Gasteiger partial charge in [0.05, 0.1) is 5.92 Å². The molecule has 2 aliphatic rings. The van der Waals surface area contributed by atoms with Gasteiger partial charge in [0, 0.05) is 26.6 Å². The van der Waals surface area contributed by atoms with Crippen LogP contribution in [-0.4, -0.2) is 65.4 Å². The number of nitrogens with zero attached hydrogens (tertiary/aromatic N) is 2. The molecule has 2 saturated heterocycles. The van der Waals surface area contributed by atoms with Gasteiger partial charge in [-0.15, -0.1) is 0 Å². The lowest BCUT2D eigenvalue weighted by molar-refractivity contribution is -0.146. The fourth-order valence-corrected chi connectivity index (χ4v) is 2.95. The van der Waals surface area contributed by atoms with Crippen LogP contribution in [0, 0.1) is 5.92 Å². The van der Waals surface area contributed by atoms with Gasteiger partial charge in [0.25, 0.3) is 0 Å². The van der Waals surface area contributed by atoms with Gasteiger partial charge in [-0.1, -0.05) is 0 Å². The van der Waals surface area contributed by atoms with Crippen LogP contribution in [0.1, 0.15) is 40.0 Å². The van der Waals surface area contributed by atoms with Crippen LogP contribution in [0.15, 0.2) is 0 Å². The Labute approximate surface area is 141 Å². The smallest absolute Gasteiger partial charge is 0.410 e. The van der Waals surface area contributed by atoms with Crippen LogP contribution in [0.25, 0.3) is 0 Å². The first-order valence-electron chi connectivity index (χ1n) is 8.17. The fourth-order valence-electron chi connectivity index (χ4n) is 2.95. The van der Waals surface area contributed by atoms with Crippen LogP contribution in [0.5, 0.6) is 0 Å². The zero-order valence-electron chi connectivity index (χ0n) is 14.6. The zero-order valence-corrected chi connectivity index (χ0v) is 14.6. The number of carbonyl (C=O) groups is 4. The Kier molecular flexibility index (Phi) is 5.15. The number of piperidine rings is 1. The number of carbonyl (C=O) groups excluding carboxylic acids is 4. The molecule has 4 amide bonds. The normalized spacial score (nSPS) is 24.6. The topological polar surface area (TPSA) is 96.0 Å². The van der Waals surface area contributed by atoms with Crippen molar-refractivity contribution in [3.05, 3.63) is 0 Å². The number of imide groups is 1. The van der Waals surface area contributed by atoms with E-state index < -0.39 is 23.6 Å². The summed E-state index contributed by atoms with van der Waals surface area (Å²) < 4.78 is 5.32. The second kappa shape index (κ2) is 6.78. The molecule has 2 fully saturated rings. The van der Waals surface area contributed by atoms with Crippen LogP contribution < -0.4 is 5.32 Å². The van der Waals surface area contributed by atoms with E-state index in [1.54, 1.807) is 27.8 Å². The van der Waals surface area contributed by atoms with Crippen LogP contribution in [0.2, 0.25) is 0 Å². The second-order valence-electron chi connectivity index (χ2n) is 7.33. The molecular weight excluding hydrogens is 314 g/mol. The van der Waals surface area contributed by atoms with E-state index in [9.17, 15) is 19.2 Å². The van der Waals surface area contributed by atoms with Crippen molar-refractivity contribution in [3.63, 3.8) is 0 Å². The van der Waals surface area contributed by atoms with Gasteiger partial charge in [-0.2, -0.15) is 0 Å². The van der Waals surface area contributed by atoms with Gasteiger partial charge in [0.2, 0.25) is 17.7 Å². The average Bonchev–Trinajstić information content (AvgIpc) is 2.94. The monoisotopic (exact) mass is 339 g/mol. The van der Waals surface area contributed by atoms with Gasteiger partial charge in [-0.25, -0.2) is 4.79 Å². The van der Waals surface area contributed by atoms with Gasteiger partial charge in [0.15, 0.2) is 0 Å². The van der Waals surface area contributed by atoms with Gasteiger partial charge < -0.3 is 14.5 Å². The first-order chi connectivity index (χ1) is 11.1. The molecule has 134 valence electrons. The van der Waals surface area contributed by atoms with E-state index in [-0.39, 0.29) is 30.7 Å². The molecule has 24 heavy (non-hydrogen) atoms. The molecule has 0 aromatic carbocycles. The fraction of sp³-hybridized carbons (Fsp3) is 0.750. The molecule has 0 bridgehead atoms. The average molecular weight is 339 g/mol. The lowest BCUT2D eigenvalue weighted by atomic mass is 10.0. The molecule has 0 radical (unpaired) electrons.